The van der Waals surface area contributed by atoms with Gasteiger partial charge in [-0.3, -0.25) is 4.79 Å². The highest BCUT2D eigenvalue weighted by Gasteiger charge is 2.16. The fourth-order valence-electron chi connectivity index (χ4n) is 1.48. The van der Waals surface area contributed by atoms with Crippen LogP contribution in [0, 0.1) is 0 Å². The van der Waals surface area contributed by atoms with Gasteiger partial charge in [-0.15, -0.1) is 11.3 Å². The van der Waals surface area contributed by atoms with E-state index in [9.17, 15) is 4.79 Å². The van der Waals surface area contributed by atoms with Crippen LogP contribution in [0.3, 0.4) is 0 Å². The van der Waals surface area contributed by atoms with E-state index in [0.717, 1.165) is 0 Å². The van der Waals surface area contributed by atoms with Crippen molar-refractivity contribution in [3.8, 4) is 0 Å². The van der Waals surface area contributed by atoms with Crippen LogP contribution in [0.2, 0.25) is 4.34 Å². The van der Waals surface area contributed by atoms with E-state index in [4.69, 9.17) is 20.8 Å². The summed E-state index contributed by atoms with van der Waals surface area (Å²) < 4.78 is 11.1. The molecule has 0 aliphatic rings. The molecule has 0 aliphatic heterocycles. The first-order valence-electron chi connectivity index (χ1n) is 5.30. The van der Waals surface area contributed by atoms with E-state index in [0.29, 0.717) is 21.5 Å². The van der Waals surface area contributed by atoms with Crippen molar-refractivity contribution in [3.63, 3.8) is 0 Å². The van der Waals surface area contributed by atoms with Crippen LogP contribution in [0.15, 0.2) is 34.9 Å². The summed E-state index contributed by atoms with van der Waals surface area (Å²) in [6.07, 6.45) is 1.28. The highest BCUT2D eigenvalue weighted by molar-refractivity contribution is 7.17. The van der Waals surface area contributed by atoms with Crippen LogP contribution in [-0.4, -0.2) is 19.6 Å². The molecule has 1 N–H and O–H groups in total. The van der Waals surface area contributed by atoms with E-state index >= 15 is 0 Å². The number of furan rings is 1. The lowest BCUT2D eigenvalue weighted by Gasteiger charge is -2.13. The maximum absolute atomic E-state index is 11.8. The lowest BCUT2D eigenvalue weighted by Crippen LogP contribution is -2.28. The average Bonchev–Trinajstić information content (AvgIpc) is 3.01. The Hall–Kier alpha value is -1.30. The number of methoxy groups -OCH3 is 1. The van der Waals surface area contributed by atoms with Gasteiger partial charge in [0.1, 0.15) is 11.9 Å². The molecule has 96 valence electrons. The number of halogens is 1. The Labute approximate surface area is 114 Å². The number of carbonyl (C=O) groups is 1. The Morgan fingerprint density at radius 3 is 2.94 bits per heavy atom. The molecule has 0 radical (unpaired) electrons. The first-order valence-corrected chi connectivity index (χ1v) is 6.50. The maximum atomic E-state index is 11.8. The van der Waals surface area contributed by atoms with Gasteiger partial charge < -0.3 is 14.5 Å². The van der Waals surface area contributed by atoms with E-state index in [1.54, 1.807) is 31.6 Å². The second kappa shape index (κ2) is 6.04. The van der Waals surface area contributed by atoms with Crippen molar-refractivity contribution >= 4 is 28.8 Å². The lowest BCUT2D eigenvalue weighted by atomic mass is 10.2. The van der Waals surface area contributed by atoms with Crippen molar-refractivity contribution in [2.75, 3.05) is 13.7 Å². The summed E-state index contributed by atoms with van der Waals surface area (Å²) in [6, 6.07) is 6.98. The van der Waals surface area contributed by atoms with Gasteiger partial charge in [0.05, 0.1) is 22.0 Å². The van der Waals surface area contributed by atoms with E-state index in [2.05, 4.69) is 5.32 Å². The molecule has 1 atom stereocenters. The normalized spacial score (nSPS) is 12.3. The SMILES string of the molecule is CO[C@@H](CNC(=O)c1ccc(Cl)s1)c1ccco1. The van der Waals surface area contributed by atoms with Crippen molar-refractivity contribution in [1.82, 2.24) is 5.32 Å². The number of hydrogen-bond donors (Lipinski definition) is 1. The third-order valence-corrected chi connectivity index (χ3v) is 3.62. The molecule has 2 heterocycles. The number of nitrogens with one attached hydrogen (secondary N) is 1. The van der Waals surface area contributed by atoms with Crippen molar-refractivity contribution in [1.29, 1.82) is 0 Å². The van der Waals surface area contributed by atoms with Crippen LogP contribution in [0.5, 0.6) is 0 Å². The van der Waals surface area contributed by atoms with E-state index in [1.165, 1.54) is 11.3 Å². The van der Waals surface area contributed by atoms with Gasteiger partial charge in [0.25, 0.3) is 5.91 Å². The molecule has 4 nitrogen and oxygen atoms in total. The smallest absolute Gasteiger partial charge is 0.261 e. The fraction of sp³-hybridized carbons (Fsp3) is 0.250. The molecule has 2 rings (SSSR count). The predicted octanol–water partition coefficient (Wildman–Crippen LogP) is 3.11. The molecule has 6 heteroatoms. The fourth-order valence-corrected chi connectivity index (χ4v) is 2.44. The number of rotatable bonds is 5. The van der Waals surface area contributed by atoms with Crippen LogP contribution in [0.25, 0.3) is 0 Å². The van der Waals surface area contributed by atoms with Gasteiger partial charge in [0, 0.05) is 7.11 Å². The molecule has 0 saturated heterocycles. The third-order valence-electron chi connectivity index (χ3n) is 2.39. The Bertz CT molecular complexity index is 509. The molecule has 2 aromatic heterocycles. The number of amides is 1. The van der Waals surface area contributed by atoms with Crippen LogP contribution in [0.1, 0.15) is 21.5 Å². The van der Waals surface area contributed by atoms with Crippen molar-refractivity contribution in [2.45, 2.75) is 6.10 Å². The van der Waals surface area contributed by atoms with Gasteiger partial charge >= 0.3 is 0 Å². The van der Waals surface area contributed by atoms with E-state index in [-0.39, 0.29) is 12.0 Å². The van der Waals surface area contributed by atoms with Crippen molar-refractivity contribution < 1.29 is 13.9 Å². The Morgan fingerprint density at radius 2 is 2.39 bits per heavy atom. The quantitative estimate of drug-likeness (QED) is 0.918. The van der Waals surface area contributed by atoms with Crippen LogP contribution in [0.4, 0.5) is 0 Å². The summed E-state index contributed by atoms with van der Waals surface area (Å²) >= 11 is 7.02. The monoisotopic (exact) mass is 285 g/mol. The molecule has 18 heavy (non-hydrogen) atoms. The number of hydrogen-bond acceptors (Lipinski definition) is 4. The maximum Gasteiger partial charge on any atom is 0.261 e. The Balaban J connectivity index is 1.92. The number of carbonyl (C=O) groups excluding carboxylic acids is 1. The van der Waals surface area contributed by atoms with Gasteiger partial charge in [-0.25, -0.2) is 0 Å². The minimum Gasteiger partial charge on any atom is -0.467 e. The first kappa shape index (κ1) is 13.1. The Kier molecular flexibility index (Phi) is 4.41. The second-order valence-electron chi connectivity index (χ2n) is 3.55. The van der Waals surface area contributed by atoms with Crippen LogP contribution in [-0.2, 0) is 4.74 Å². The van der Waals surface area contributed by atoms with Crippen molar-refractivity contribution in [3.05, 3.63) is 45.5 Å². The number of thiophene rings is 1. The molecular formula is C12H12ClNO3S. The minimum absolute atomic E-state index is 0.166. The van der Waals surface area contributed by atoms with Gasteiger partial charge in [-0.1, -0.05) is 11.6 Å². The summed E-state index contributed by atoms with van der Waals surface area (Å²) in [5.41, 5.74) is 0. The largest absolute Gasteiger partial charge is 0.467 e. The predicted molar refractivity (Wildman–Crippen MR) is 70.1 cm³/mol. The summed E-state index contributed by atoms with van der Waals surface area (Å²) in [7, 11) is 1.57. The average molecular weight is 286 g/mol. The van der Waals surface area contributed by atoms with Gasteiger partial charge in [0.2, 0.25) is 0 Å². The highest BCUT2D eigenvalue weighted by atomic mass is 35.5. The summed E-state index contributed by atoms with van der Waals surface area (Å²) in [4.78, 5) is 12.4. The van der Waals surface area contributed by atoms with Crippen molar-refractivity contribution in [2.24, 2.45) is 0 Å². The molecule has 1 amide bonds. The second-order valence-corrected chi connectivity index (χ2v) is 5.27. The van der Waals surface area contributed by atoms with Gasteiger partial charge in [-0.05, 0) is 24.3 Å². The minimum atomic E-state index is -0.292. The first-order chi connectivity index (χ1) is 8.70. The molecule has 0 aliphatic carbocycles. The zero-order chi connectivity index (χ0) is 13.0. The molecule has 0 saturated carbocycles. The standard InChI is InChI=1S/C12H12ClNO3S/c1-16-9(8-3-2-6-17-8)7-14-12(15)10-4-5-11(13)18-10/h2-6,9H,7H2,1H3,(H,14,15)/t9-/m0/s1. The summed E-state index contributed by atoms with van der Waals surface area (Å²) in [5.74, 6) is 0.516. The van der Waals surface area contributed by atoms with Crippen LogP contribution < -0.4 is 5.32 Å². The summed E-state index contributed by atoms with van der Waals surface area (Å²) in [6.45, 7) is 0.346. The number of ether oxygens (including phenoxy) is 1. The van der Waals surface area contributed by atoms with E-state index < -0.39 is 0 Å². The molecule has 0 fully saturated rings. The van der Waals surface area contributed by atoms with E-state index in [1.807, 2.05) is 6.07 Å². The van der Waals surface area contributed by atoms with Crippen LogP contribution >= 0.6 is 22.9 Å². The molecular weight excluding hydrogens is 274 g/mol. The molecule has 0 bridgehead atoms. The topological polar surface area (TPSA) is 51.5 Å². The molecule has 0 aromatic carbocycles. The zero-order valence-corrected chi connectivity index (χ0v) is 11.3. The van der Waals surface area contributed by atoms with Gasteiger partial charge in [-0.2, -0.15) is 0 Å². The third kappa shape index (κ3) is 3.13. The summed E-state index contributed by atoms with van der Waals surface area (Å²) in [5, 5.41) is 2.78. The zero-order valence-electron chi connectivity index (χ0n) is 9.68. The molecule has 2 aromatic rings. The molecule has 0 spiro atoms. The lowest BCUT2D eigenvalue weighted by molar-refractivity contribution is 0.0740. The molecule has 0 unspecified atom stereocenters. The van der Waals surface area contributed by atoms with Gasteiger partial charge in [0.15, 0.2) is 0 Å². The highest BCUT2D eigenvalue weighted by Crippen LogP contribution is 2.21. The Morgan fingerprint density at radius 1 is 1.56 bits per heavy atom.